The minimum Gasteiger partial charge on any atom is -0.300 e. The van der Waals surface area contributed by atoms with Gasteiger partial charge in [0.05, 0.1) is 0 Å². The van der Waals surface area contributed by atoms with Crippen LogP contribution in [0.25, 0.3) is 0 Å². The van der Waals surface area contributed by atoms with Crippen LogP contribution >= 0.6 is 11.8 Å². The second-order valence-corrected chi connectivity index (χ2v) is 4.15. The summed E-state index contributed by atoms with van der Waals surface area (Å²) in [6.07, 6.45) is 2.01. The third kappa shape index (κ3) is 4.30. The van der Waals surface area contributed by atoms with Crippen molar-refractivity contribution in [2.45, 2.75) is 31.1 Å². The van der Waals surface area contributed by atoms with E-state index >= 15 is 0 Å². The number of aryl methyl sites for hydroxylation is 1. The first-order valence-corrected chi connectivity index (χ1v) is 5.85. The van der Waals surface area contributed by atoms with E-state index in [0.29, 0.717) is 18.6 Å². The summed E-state index contributed by atoms with van der Waals surface area (Å²) in [4.78, 5) is 22.3. The van der Waals surface area contributed by atoms with Crippen molar-refractivity contribution in [1.82, 2.24) is 0 Å². The molecule has 0 aliphatic heterocycles. The van der Waals surface area contributed by atoms with Crippen LogP contribution in [-0.2, 0) is 16.0 Å². The Labute approximate surface area is 94.1 Å². The SMILES string of the molecule is CCC(=O)CCc1ccc(SC=O)cc1. The Morgan fingerprint density at radius 3 is 2.53 bits per heavy atom. The van der Waals surface area contributed by atoms with Crippen molar-refractivity contribution in [3.8, 4) is 0 Å². The van der Waals surface area contributed by atoms with Gasteiger partial charge in [-0.05, 0) is 24.1 Å². The number of ketones is 1. The molecular formula is C12H14O2S. The van der Waals surface area contributed by atoms with Crippen molar-refractivity contribution in [1.29, 1.82) is 0 Å². The van der Waals surface area contributed by atoms with Gasteiger partial charge in [0.1, 0.15) is 5.78 Å². The average molecular weight is 222 g/mol. The Kier molecular flexibility index (Phi) is 5.12. The molecule has 2 nitrogen and oxygen atoms in total. The largest absolute Gasteiger partial charge is 0.300 e. The summed E-state index contributed by atoms with van der Waals surface area (Å²) >= 11 is 1.17. The molecule has 0 spiro atoms. The Morgan fingerprint density at radius 2 is 2.00 bits per heavy atom. The zero-order valence-electron chi connectivity index (χ0n) is 8.73. The molecule has 1 aromatic rings. The van der Waals surface area contributed by atoms with Gasteiger partial charge in [-0.25, -0.2) is 0 Å². The van der Waals surface area contributed by atoms with Gasteiger partial charge in [0, 0.05) is 17.7 Å². The number of hydrogen-bond acceptors (Lipinski definition) is 3. The van der Waals surface area contributed by atoms with Gasteiger partial charge < -0.3 is 0 Å². The maximum absolute atomic E-state index is 11.1. The molecule has 80 valence electrons. The summed E-state index contributed by atoms with van der Waals surface area (Å²) in [7, 11) is 0. The highest BCUT2D eigenvalue weighted by molar-refractivity contribution is 8.11. The molecule has 0 fully saturated rings. The molecule has 0 N–H and O–H groups in total. The maximum Gasteiger partial charge on any atom is 0.180 e. The molecule has 3 heteroatoms. The number of thioether (sulfide) groups is 1. The summed E-state index contributed by atoms with van der Waals surface area (Å²) in [5.74, 6) is 0.293. The van der Waals surface area contributed by atoms with E-state index in [1.807, 2.05) is 31.2 Å². The topological polar surface area (TPSA) is 34.1 Å². The fraction of sp³-hybridized carbons (Fsp3) is 0.333. The van der Waals surface area contributed by atoms with Gasteiger partial charge >= 0.3 is 0 Å². The van der Waals surface area contributed by atoms with Crippen LogP contribution in [0.1, 0.15) is 25.3 Å². The van der Waals surface area contributed by atoms with Crippen LogP contribution in [0.2, 0.25) is 0 Å². The number of hydrogen-bond donors (Lipinski definition) is 0. The van der Waals surface area contributed by atoms with Gasteiger partial charge in [-0.2, -0.15) is 0 Å². The van der Waals surface area contributed by atoms with E-state index < -0.39 is 0 Å². The zero-order valence-corrected chi connectivity index (χ0v) is 9.55. The Hall–Kier alpha value is -1.09. The van der Waals surface area contributed by atoms with Gasteiger partial charge in [0.2, 0.25) is 0 Å². The van der Waals surface area contributed by atoms with Gasteiger partial charge in [-0.3, -0.25) is 9.59 Å². The van der Waals surface area contributed by atoms with E-state index in [-0.39, 0.29) is 0 Å². The van der Waals surface area contributed by atoms with Gasteiger partial charge in [-0.15, -0.1) is 0 Å². The summed E-state index contributed by atoms with van der Waals surface area (Å²) in [6.45, 7) is 1.88. The van der Waals surface area contributed by atoms with Crippen LogP contribution in [-0.4, -0.2) is 11.4 Å². The van der Waals surface area contributed by atoms with Crippen molar-refractivity contribution in [2.24, 2.45) is 0 Å². The van der Waals surface area contributed by atoms with Crippen molar-refractivity contribution < 1.29 is 9.59 Å². The van der Waals surface area contributed by atoms with E-state index in [9.17, 15) is 9.59 Å². The summed E-state index contributed by atoms with van der Waals surface area (Å²) < 4.78 is 0. The molecule has 0 bridgehead atoms. The highest BCUT2D eigenvalue weighted by Gasteiger charge is 2.00. The molecule has 0 saturated carbocycles. The lowest BCUT2D eigenvalue weighted by Gasteiger charge is -2.00. The number of carbonyl (C=O) groups is 2. The first-order valence-electron chi connectivity index (χ1n) is 4.97. The Balaban J connectivity index is 2.49. The lowest BCUT2D eigenvalue weighted by Crippen LogP contribution is -1.97. The van der Waals surface area contributed by atoms with E-state index in [4.69, 9.17) is 0 Å². The van der Waals surface area contributed by atoms with Gasteiger partial charge in [0.15, 0.2) is 5.62 Å². The number of rotatable bonds is 6. The highest BCUT2D eigenvalue weighted by atomic mass is 32.2. The van der Waals surface area contributed by atoms with Crippen LogP contribution in [0.5, 0.6) is 0 Å². The molecule has 1 aromatic carbocycles. The fourth-order valence-corrected chi connectivity index (χ4v) is 1.66. The van der Waals surface area contributed by atoms with Crippen LogP contribution in [0.3, 0.4) is 0 Å². The van der Waals surface area contributed by atoms with Crippen LogP contribution in [0, 0.1) is 0 Å². The summed E-state index contributed by atoms with van der Waals surface area (Å²) in [6, 6.07) is 7.75. The monoisotopic (exact) mass is 222 g/mol. The molecule has 0 saturated heterocycles. The third-order valence-corrected chi connectivity index (χ3v) is 2.83. The maximum atomic E-state index is 11.1. The number of carbonyl (C=O) groups excluding carboxylic acids is 2. The quantitative estimate of drug-likeness (QED) is 0.548. The van der Waals surface area contributed by atoms with E-state index in [2.05, 4.69) is 0 Å². The fourth-order valence-electron chi connectivity index (χ4n) is 1.25. The molecule has 0 amide bonds. The van der Waals surface area contributed by atoms with Crippen molar-refractivity contribution in [2.75, 3.05) is 0 Å². The molecule has 15 heavy (non-hydrogen) atoms. The molecule has 0 aliphatic rings. The molecule has 0 aliphatic carbocycles. The first-order chi connectivity index (χ1) is 7.26. The predicted octanol–water partition coefficient (Wildman–Crippen LogP) is 2.88. The van der Waals surface area contributed by atoms with E-state index in [1.54, 1.807) is 0 Å². The summed E-state index contributed by atoms with van der Waals surface area (Å²) in [5, 5.41) is 0. The molecule has 0 unspecified atom stereocenters. The normalized spacial score (nSPS) is 9.93. The highest BCUT2D eigenvalue weighted by Crippen LogP contribution is 2.16. The molecule has 0 atom stereocenters. The minimum atomic E-state index is 0.293. The Morgan fingerprint density at radius 1 is 1.33 bits per heavy atom. The molecule has 0 radical (unpaired) electrons. The molecule has 0 heterocycles. The average Bonchev–Trinajstić information content (AvgIpc) is 2.28. The lowest BCUT2D eigenvalue weighted by molar-refractivity contribution is -0.118. The first kappa shape index (κ1) is 12.0. The smallest absolute Gasteiger partial charge is 0.180 e. The lowest BCUT2D eigenvalue weighted by atomic mass is 10.1. The minimum absolute atomic E-state index is 0.293. The van der Waals surface area contributed by atoms with Crippen LogP contribution in [0.15, 0.2) is 29.2 Å². The third-order valence-electron chi connectivity index (χ3n) is 2.19. The van der Waals surface area contributed by atoms with Crippen LogP contribution < -0.4 is 0 Å². The van der Waals surface area contributed by atoms with E-state index in [1.165, 1.54) is 11.8 Å². The van der Waals surface area contributed by atoms with Gasteiger partial charge in [-0.1, -0.05) is 30.8 Å². The molecular weight excluding hydrogens is 208 g/mol. The molecule has 1 rings (SSSR count). The standard InChI is InChI=1S/C12H14O2S/c1-2-11(14)6-3-10-4-7-12(8-5-10)15-9-13/h4-5,7-9H,2-3,6H2,1H3. The second-order valence-electron chi connectivity index (χ2n) is 3.25. The van der Waals surface area contributed by atoms with Crippen LogP contribution in [0.4, 0.5) is 0 Å². The zero-order chi connectivity index (χ0) is 11.1. The van der Waals surface area contributed by atoms with Gasteiger partial charge in [0.25, 0.3) is 0 Å². The van der Waals surface area contributed by atoms with Crippen molar-refractivity contribution >= 4 is 23.2 Å². The Bertz CT molecular complexity index is 330. The second kappa shape index (κ2) is 6.40. The number of Topliss-reactive ketones (excluding diaryl/α,β-unsaturated/α-hetero) is 1. The number of benzene rings is 1. The predicted molar refractivity (Wildman–Crippen MR) is 62.7 cm³/mol. The van der Waals surface area contributed by atoms with E-state index in [0.717, 1.165) is 22.5 Å². The molecule has 0 aromatic heterocycles. The van der Waals surface area contributed by atoms with Crippen molar-refractivity contribution in [3.05, 3.63) is 29.8 Å². The van der Waals surface area contributed by atoms with Crippen molar-refractivity contribution in [3.63, 3.8) is 0 Å². The summed E-state index contributed by atoms with van der Waals surface area (Å²) in [5.41, 5.74) is 1.96.